The summed E-state index contributed by atoms with van der Waals surface area (Å²) in [6.07, 6.45) is 6.48. The molecule has 1 saturated carbocycles. The second-order valence-corrected chi connectivity index (χ2v) is 12.2. The molecule has 0 bridgehead atoms. The van der Waals surface area contributed by atoms with E-state index < -0.39 is 16.1 Å². The van der Waals surface area contributed by atoms with Crippen LogP contribution in [0.2, 0.25) is 0 Å². The Morgan fingerprint density at radius 2 is 1.71 bits per heavy atom. The number of carbonyl (C=O) groups is 1. The zero-order valence-electron chi connectivity index (χ0n) is 21.4. The second-order valence-electron chi connectivity index (χ2n) is 10.4. The van der Waals surface area contributed by atoms with Crippen molar-refractivity contribution in [1.29, 1.82) is 0 Å². The van der Waals surface area contributed by atoms with Crippen molar-refractivity contribution >= 4 is 15.9 Å². The lowest BCUT2D eigenvalue weighted by molar-refractivity contribution is -0.136. The number of carbonyl (C=O) groups excluding carboxylic acids is 1. The van der Waals surface area contributed by atoms with Crippen LogP contribution in [-0.2, 0) is 14.8 Å². The van der Waals surface area contributed by atoms with Crippen molar-refractivity contribution in [3.63, 3.8) is 0 Å². The Balaban J connectivity index is 1.67. The quantitative estimate of drug-likeness (QED) is 0.608. The van der Waals surface area contributed by atoms with E-state index in [1.54, 1.807) is 23.5 Å². The van der Waals surface area contributed by atoms with Gasteiger partial charge in [-0.1, -0.05) is 19.8 Å². The van der Waals surface area contributed by atoms with Crippen LogP contribution in [0.15, 0.2) is 17.0 Å². The molecule has 0 unspecified atom stereocenters. The molecule has 190 valence electrons. The Bertz CT molecular complexity index is 980. The summed E-state index contributed by atoms with van der Waals surface area (Å²) in [5.41, 5.74) is 1.34. The van der Waals surface area contributed by atoms with Gasteiger partial charge in [-0.25, -0.2) is 8.42 Å². The van der Waals surface area contributed by atoms with E-state index in [0.717, 1.165) is 58.2 Å². The van der Waals surface area contributed by atoms with E-state index in [-0.39, 0.29) is 23.9 Å². The van der Waals surface area contributed by atoms with E-state index in [9.17, 15) is 13.2 Å². The first kappa shape index (κ1) is 25.5. The third-order valence-corrected chi connectivity index (χ3v) is 10.7. The highest BCUT2D eigenvalue weighted by Crippen LogP contribution is 2.44. The third-order valence-electron chi connectivity index (χ3n) is 8.42. The lowest BCUT2D eigenvalue weighted by atomic mass is 9.85. The Hall–Kier alpha value is -1.64. The Kier molecular flexibility index (Phi) is 7.60. The Morgan fingerprint density at radius 3 is 2.29 bits per heavy atom. The van der Waals surface area contributed by atoms with Crippen LogP contribution in [-0.4, -0.2) is 80.3 Å². The van der Waals surface area contributed by atoms with Gasteiger partial charge in [0.15, 0.2) is 0 Å². The van der Waals surface area contributed by atoms with Crippen LogP contribution < -0.4 is 4.74 Å². The number of piperidine rings is 1. The largest absolute Gasteiger partial charge is 0.497 e. The number of hydrogen-bond donors (Lipinski definition) is 0. The van der Waals surface area contributed by atoms with Crippen LogP contribution in [0, 0.1) is 19.8 Å². The summed E-state index contributed by atoms with van der Waals surface area (Å²) in [6.45, 7) is 8.81. The molecular weight excluding hydrogens is 450 g/mol. The summed E-state index contributed by atoms with van der Waals surface area (Å²) < 4.78 is 35.4. The number of sulfonamides is 1. The summed E-state index contributed by atoms with van der Waals surface area (Å²) in [5, 5.41) is 0. The molecule has 2 saturated heterocycles. The molecular formula is C26H41N3O4S. The molecule has 34 heavy (non-hydrogen) atoms. The van der Waals surface area contributed by atoms with E-state index in [1.165, 1.54) is 0 Å². The molecule has 1 aliphatic carbocycles. The molecule has 1 amide bonds. The van der Waals surface area contributed by atoms with Gasteiger partial charge in [0.05, 0.1) is 12.0 Å². The number of methoxy groups -OCH3 is 1. The molecule has 0 spiro atoms. The average molecular weight is 492 g/mol. The van der Waals surface area contributed by atoms with E-state index in [2.05, 4.69) is 11.8 Å². The minimum Gasteiger partial charge on any atom is -0.497 e. The highest BCUT2D eigenvalue weighted by molar-refractivity contribution is 7.89. The fraction of sp³-hybridized carbons (Fsp3) is 0.731. The Morgan fingerprint density at radius 1 is 1.09 bits per heavy atom. The summed E-state index contributed by atoms with van der Waals surface area (Å²) in [7, 11) is -0.376. The van der Waals surface area contributed by atoms with Crippen molar-refractivity contribution in [3.05, 3.63) is 23.3 Å². The molecule has 7 nitrogen and oxygen atoms in total. The molecule has 1 aromatic rings. The monoisotopic (exact) mass is 491 g/mol. The number of nitrogens with zero attached hydrogens (tertiary/aromatic N) is 3. The van der Waals surface area contributed by atoms with Gasteiger partial charge in [0.1, 0.15) is 11.8 Å². The van der Waals surface area contributed by atoms with E-state index in [0.29, 0.717) is 28.2 Å². The van der Waals surface area contributed by atoms with Crippen molar-refractivity contribution in [2.45, 2.75) is 88.7 Å². The number of likely N-dealkylation sites (tertiary alicyclic amines) is 1. The molecule has 0 radical (unpaired) electrons. The van der Waals surface area contributed by atoms with E-state index >= 15 is 0 Å². The summed E-state index contributed by atoms with van der Waals surface area (Å²) in [4.78, 5) is 18.5. The number of likely N-dealkylation sites (N-methyl/N-ethyl adjacent to an activating group) is 1. The maximum absolute atomic E-state index is 14.2. The van der Waals surface area contributed by atoms with Gasteiger partial charge in [-0.05, 0) is 81.7 Å². The molecule has 8 heteroatoms. The van der Waals surface area contributed by atoms with Gasteiger partial charge in [0, 0.05) is 32.2 Å². The van der Waals surface area contributed by atoms with Crippen LogP contribution >= 0.6 is 0 Å². The molecule has 0 aromatic heterocycles. The van der Waals surface area contributed by atoms with Crippen LogP contribution in [0.5, 0.6) is 5.75 Å². The third kappa shape index (κ3) is 4.61. The second kappa shape index (κ2) is 10.2. The number of benzene rings is 1. The van der Waals surface area contributed by atoms with Gasteiger partial charge in [-0.3, -0.25) is 4.79 Å². The fourth-order valence-electron chi connectivity index (χ4n) is 6.55. The number of hydrogen-bond acceptors (Lipinski definition) is 5. The minimum atomic E-state index is -3.84. The number of rotatable bonds is 6. The summed E-state index contributed by atoms with van der Waals surface area (Å²) in [5.74, 6) is 0.875. The lowest BCUT2D eigenvalue weighted by Gasteiger charge is -2.39. The SMILES string of the molecule is CCN1CCC(N(C)C(=O)[C@@H]2C[C@@H]3CCCC[C@H]3N2S(=O)(=O)c2c(C)cc(OC)cc2C)CC1. The minimum absolute atomic E-state index is 0.0308. The first-order valence-corrected chi connectivity index (χ1v) is 14.3. The average Bonchev–Trinajstić information content (AvgIpc) is 3.23. The Labute approximate surface area is 205 Å². The number of amides is 1. The van der Waals surface area contributed by atoms with E-state index in [4.69, 9.17) is 4.74 Å². The van der Waals surface area contributed by atoms with Crippen molar-refractivity contribution < 1.29 is 17.9 Å². The molecule has 1 aromatic carbocycles. The van der Waals surface area contributed by atoms with Crippen LogP contribution in [0.3, 0.4) is 0 Å². The van der Waals surface area contributed by atoms with Crippen molar-refractivity contribution in [1.82, 2.24) is 14.1 Å². The number of fused-ring (bicyclic) bond motifs is 1. The standard InChI is InChI=1S/C26H41N3O4S/c1-6-28-13-11-21(12-14-28)27(4)26(30)24-17-20-9-7-8-10-23(20)29(24)34(31,32)25-18(2)15-22(33-5)16-19(25)3/h15-16,20-21,23-24H,6-14,17H2,1-5H3/t20-,23+,24-/m0/s1. The van der Waals surface area contributed by atoms with Gasteiger partial charge in [0.2, 0.25) is 15.9 Å². The van der Waals surface area contributed by atoms with Gasteiger partial charge >= 0.3 is 0 Å². The molecule has 2 aliphatic heterocycles. The first-order chi connectivity index (χ1) is 16.2. The predicted octanol–water partition coefficient (Wildman–Crippen LogP) is 3.58. The number of aryl methyl sites for hydroxylation is 2. The molecule has 3 atom stereocenters. The van der Waals surface area contributed by atoms with Crippen LogP contribution in [0.25, 0.3) is 0 Å². The van der Waals surface area contributed by atoms with Gasteiger partial charge in [-0.2, -0.15) is 4.31 Å². The maximum Gasteiger partial charge on any atom is 0.244 e. The van der Waals surface area contributed by atoms with Crippen molar-refractivity contribution in [2.24, 2.45) is 5.92 Å². The van der Waals surface area contributed by atoms with Crippen LogP contribution in [0.1, 0.15) is 63.0 Å². The van der Waals surface area contributed by atoms with Crippen molar-refractivity contribution in [3.8, 4) is 5.75 Å². The molecule has 3 fully saturated rings. The molecule has 3 aliphatic rings. The lowest BCUT2D eigenvalue weighted by Crippen LogP contribution is -2.53. The smallest absolute Gasteiger partial charge is 0.244 e. The fourth-order valence-corrected chi connectivity index (χ4v) is 8.84. The number of ether oxygens (including phenoxy) is 1. The zero-order chi connectivity index (χ0) is 24.6. The topological polar surface area (TPSA) is 70.2 Å². The molecule has 4 rings (SSSR count). The van der Waals surface area contributed by atoms with Gasteiger partial charge < -0.3 is 14.5 Å². The summed E-state index contributed by atoms with van der Waals surface area (Å²) >= 11 is 0. The predicted molar refractivity (Wildman–Crippen MR) is 134 cm³/mol. The molecule has 2 heterocycles. The highest BCUT2D eigenvalue weighted by atomic mass is 32.2. The molecule has 0 N–H and O–H groups in total. The van der Waals surface area contributed by atoms with E-state index in [1.807, 2.05) is 25.8 Å². The van der Waals surface area contributed by atoms with Gasteiger partial charge in [0.25, 0.3) is 0 Å². The van der Waals surface area contributed by atoms with Gasteiger partial charge in [-0.15, -0.1) is 0 Å². The van der Waals surface area contributed by atoms with Crippen molar-refractivity contribution in [2.75, 3.05) is 33.8 Å². The summed E-state index contributed by atoms with van der Waals surface area (Å²) in [6, 6.07) is 3.02. The highest BCUT2D eigenvalue weighted by Gasteiger charge is 2.52. The maximum atomic E-state index is 14.2. The van der Waals surface area contributed by atoms with Crippen LogP contribution in [0.4, 0.5) is 0 Å². The zero-order valence-corrected chi connectivity index (χ0v) is 22.2. The normalized spacial score (nSPS) is 26.9. The first-order valence-electron chi connectivity index (χ1n) is 12.9.